The summed E-state index contributed by atoms with van der Waals surface area (Å²) in [5.41, 5.74) is 1.10. The van der Waals surface area contributed by atoms with Crippen molar-refractivity contribution in [1.29, 1.82) is 0 Å². The minimum atomic E-state index is -0.00535. The van der Waals surface area contributed by atoms with Gasteiger partial charge in [-0.2, -0.15) is 0 Å². The SMILES string of the molecule is COc1ccccc1CCNC(=O)N1CCC(CC(=O)N2CCCC2)CC1. The Bertz CT molecular complexity index is 635. The number of piperidine rings is 1. The summed E-state index contributed by atoms with van der Waals surface area (Å²) in [6.07, 6.45) is 5.50. The van der Waals surface area contributed by atoms with E-state index in [1.807, 2.05) is 34.1 Å². The van der Waals surface area contributed by atoms with Crippen LogP contribution in [0.25, 0.3) is 0 Å². The lowest BCUT2D eigenvalue weighted by atomic mass is 9.93. The first-order valence-corrected chi connectivity index (χ1v) is 10.1. The number of amides is 3. The molecule has 1 N–H and O–H groups in total. The van der Waals surface area contributed by atoms with Crippen LogP contribution < -0.4 is 10.1 Å². The van der Waals surface area contributed by atoms with Crippen molar-refractivity contribution in [1.82, 2.24) is 15.1 Å². The fourth-order valence-electron chi connectivity index (χ4n) is 4.01. The molecule has 6 heteroatoms. The van der Waals surface area contributed by atoms with Gasteiger partial charge in [0.1, 0.15) is 5.75 Å². The maximum atomic E-state index is 12.4. The number of carbonyl (C=O) groups is 2. The van der Waals surface area contributed by atoms with E-state index < -0.39 is 0 Å². The second-order valence-electron chi connectivity index (χ2n) is 7.52. The Morgan fingerprint density at radius 3 is 2.48 bits per heavy atom. The largest absolute Gasteiger partial charge is 0.496 e. The summed E-state index contributed by atoms with van der Waals surface area (Å²) < 4.78 is 5.35. The maximum absolute atomic E-state index is 12.4. The van der Waals surface area contributed by atoms with Crippen LogP contribution in [0.1, 0.15) is 37.7 Å². The highest BCUT2D eigenvalue weighted by Gasteiger charge is 2.26. The number of hydrogen-bond acceptors (Lipinski definition) is 3. The molecule has 6 nitrogen and oxygen atoms in total. The summed E-state index contributed by atoms with van der Waals surface area (Å²) in [7, 11) is 1.66. The molecule has 2 aliphatic heterocycles. The van der Waals surface area contributed by atoms with Crippen molar-refractivity contribution in [2.75, 3.05) is 39.8 Å². The third-order valence-corrected chi connectivity index (χ3v) is 5.69. The molecule has 2 heterocycles. The molecule has 148 valence electrons. The van der Waals surface area contributed by atoms with E-state index in [0.29, 0.717) is 24.8 Å². The fraction of sp³-hybridized carbons (Fsp3) is 0.619. The molecule has 2 fully saturated rings. The molecule has 0 aliphatic carbocycles. The summed E-state index contributed by atoms with van der Waals surface area (Å²) in [5, 5.41) is 3.01. The van der Waals surface area contributed by atoms with Crippen molar-refractivity contribution < 1.29 is 14.3 Å². The van der Waals surface area contributed by atoms with E-state index >= 15 is 0 Å². The first-order valence-electron chi connectivity index (χ1n) is 10.1. The van der Waals surface area contributed by atoms with Gasteiger partial charge in [-0.15, -0.1) is 0 Å². The van der Waals surface area contributed by atoms with Gasteiger partial charge in [-0.3, -0.25) is 4.79 Å². The Hall–Kier alpha value is -2.24. The number of carbonyl (C=O) groups excluding carboxylic acids is 2. The van der Waals surface area contributed by atoms with E-state index in [1.54, 1.807) is 7.11 Å². The van der Waals surface area contributed by atoms with Crippen molar-refractivity contribution >= 4 is 11.9 Å². The van der Waals surface area contributed by atoms with Gasteiger partial charge in [0.05, 0.1) is 7.11 Å². The highest BCUT2D eigenvalue weighted by molar-refractivity contribution is 5.77. The van der Waals surface area contributed by atoms with Crippen LogP contribution in [0.4, 0.5) is 4.79 Å². The third-order valence-electron chi connectivity index (χ3n) is 5.69. The Balaban J connectivity index is 1.36. The van der Waals surface area contributed by atoms with Crippen molar-refractivity contribution in [2.24, 2.45) is 5.92 Å². The predicted octanol–water partition coefficient (Wildman–Crippen LogP) is 2.67. The molecule has 0 bridgehead atoms. The zero-order valence-electron chi connectivity index (χ0n) is 16.3. The van der Waals surface area contributed by atoms with Gasteiger partial charge in [0.2, 0.25) is 5.91 Å². The highest BCUT2D eigenvalue weighted by atomic mass is 16.5. The molecule has 1 aromatic carbocycles. The average Bonchev–Trinajstić information content (AvgIpc) is 3.24. The van der Waals surface area contributed by atoms with Crippen molar-refractivity contribution in [2.45, 2.75) is 38.5 Å². The van der Waals surface area contributed by atoms with E-state index in [2.05, 4.69) is 5.32 Å². The molecule has 2 aliphatic rings. The molecule has 2 saturated heterocycles. The lowest BCUT2D eigenvalue weighted by Crippen LogP contribution is -2.45. The minimum Gasteiger partial charge on any atom is -0.496 e. The van der Waals surface area contributed by atoms with E-state index in [9.17, 15) is 9.59 Å². The number of benzene rings is 1. The lowest BCUT2D eigenvalue weighted by molar-refractivity contribution is -0.131. The van der Waals surface area contributed by atoms with E-state index in [4.69, 9.17) is 4.74 Å². The van der Waals surface area contributed by atoms with Crippen LogP contribution in [-0.4, -0.2) is 61.6 Å². The Morgan fingerprint density at radius 2 is 1.78 bits per heavy atom. The van der Waals surface area contributed by atoms with E-state index in [-0.39, 0.29) is 6.03 Å². The van der Waals surface area contributed by atoms with Crippen LogP contribution in [0.15, 0.2) is 24.3 Å². The van der Waals surface area contributed by atoms with Gasteiger partial charge in [-0.25, -0.2) is 4.79 Å². The van der Waals surface area contributed by atoms with Gasteiger partial charge in [-0.1, -0.05) is 18.2 Å². The van der Waals surface area contributed by atoms with Gasteiger partial charge in [-0.05, 0) is 49.7 Å². The van der Waals surface area contributed by atoms with Gasteiger partial charge < -0.3 is 19.9 Å². The lowest BCUT2D eigenvalue weighted by Gasteiger charge is -2.32. The molecule has 0 spiro atoms. The molecule has 0 aromatic heterocycles. The molecule has 0 radical (unpaired) electrons. The second-order valence-corrected chi connectivity index (χ2v) is 7.52. The first kappa shape index (κ1) is 19.5. The van der Waals surface area contributed by atoms with Crippen molar-refractivity contribution in [3.63, 3.8) is 0 Å². The summed E-state index contributed by atoms with van der Waals surface area (Å²) in [6.45, 7) is 3.90. The predicted molar refractivity (Wildman–Crippen MR) is 105 cm³/mol. The molecule has 0 atom stereocenters. The smallest absolute Gasteiger partial charge is 0.317 e. The third kappa shape index (κ3) is 5.37. The molecule has 3 amide bonds. The summed E-state index contributed by atoms with van der Waals surface area (Å²) >= 11 is 0. The standard InChI is InChI=1S/C21H31N3O3/c1-27-19-7-3-2-6-18(19)8-11-22-21(26)24-14-9-17(10-15-24)16-20(25)23-12-4-5-13-23/h2-3,6-7,17H,4-5,8-16H2,1H3,(H,22,26). The number of hydrogen-bond donors (Lipinski definition) is 1. The summed E-state index contributed by atoms with van der Waals surface area (Å²) in [4.78, 5) is 28.5. The van der Waals surface area contributed by atoms with Crippen LogP contribution in [0, 0.1) is 5.92 Å². The number of nitrogens with zero attached hydrogens (tertiary/aromatic N) is 2. The van der Waals surface area contributed by atoms with Gasteiger partial charge in [0.15, 0.2) is 0 Å². The van der Waals surface area contributed by atoms with Crippen LogP contribution in [-0.2, 0) is 11.2 Å². The Morgan fingerprint density at radius 1 is 1.07 bits per heavy atom. The van der Waals surface area contributed by atoms with Crippen LogP contribution in [0.3, 0.4) is 0 Å². The van der Waals surface area contributed by atoms with Crippen molar-refractivity contribution in [3.05, 3.63) is 29.8 Å². The van der Waals surface area contributed by atoms with Gasteiger partial charge in [0.25, 0.3) is 0 Å². The number of urea groups is 1. The number of likely N-dealkylation sites (tertiary alicyclic amines) is 2. The number of nitrogens with one attached hydrogen (secondary N) is 1. The number of para-hydroxylation sites is 1. The maximum Gasteiger partial charge on any atom is 0.317 e. The van der Waals surface area contributed by atoms with Crippen LogP contribution >= 0.6 is 0 Å². The number of methoxy groups -OCH3 is 1. The molecule has 0 saturated carbocycles. The molecule has 27 heavy (non-hydrogen) atoms. The minimum absolute atomic E-state index is 0.00535. The fourth-order valence-corrected chi connectivity index (χ4v) is 4.01. The number of ether oxygens (including phenoxy) is 1. The molecule has 3 rings (SSSR count). The molecule has 0 unspecified atom stereocenters. The zero-order valence-corrected chi connectivity index (χ0v) is 16.3. The Kier molecular flexibility index (Phi) is 6.96. The average molecular weight is 373 g/mol. The number of rotatable bonds is 6. The Labute approximate surface area is 161 Å². The van der Waals surface area contributed by atoms with Crippen LogP contribution in [0.5, 0.6) is 5.75 Å². The van der Waals surface area contributed by atoms with E-state index in [1.165, 1.54) is 0 Å². The van der Waals surface area contributed by atoms with Gasteiger partial charge >= 0.3 is 6.03 Å². The molecular weight excluding hydrogens is 342 g/mol. The van der Waals surface area contributed by atoms with Gasteiger partial charge in [0, 0.05) is 39.1 Å². The summed E-state index contributed by atoms with van der Waals surface area (Å²) in [5.74, 6) is 1.57. The topological polar surface area (TPSA) is 61.9 Å². The highest BCUT2D eigenvalue weighted by Crippen LogP contribution is 2.23. The molecule has 1 aromatic rings. The monoisotopic (exact) mass is 373 g/mol. The van der Waals surface area contributed by atoms with Crippen LogP contribution in [0.2, 0.25) is 0 Å². The van der Waals surface area contributed by atoms with Crippen molar-refractivity contribution in [3.8, 4) is 5.75 Å². The normalized spacial score (nSPS) is 17.8. The second kappa shape index (κ2) is 9.62. The van der Waals surface area contributed by atoms with E-state index in [0.717, 1.165) is 69.6 Å². The first-order chi connectivity index (χ1) is 13.2. The zero-order chi connectivity index (χ0) is 19.1. The summed E-state index contributed by atoms with van der Waals surface area (Å²) in [6, 6.07) is 7.88. The quantitative estimate of drug-likeness (QED) is 0.834. The molecular formula is C21H31N3O3.